The summed E-state index contributed by atoms with van der Waals surface area (Å²) in [6.45, 7) is 3.35. The van der Waals surface area contributed by atoms with Gasteiger partial charge in [-0.15, -0.1) is 0 Å². The molecule has 0 atom stereocenters. The van der Waals surface area contributed by atoms with Crippen molar-refractivity contribution in [2.45, 2.75) is 20.0 Å². The van der Waals surface area contributed by atoms with Crippen molar-refractivity contribution < 1.29 is 26.0 Å². The predicted molar refractivity (Wildman–Crippen MR) is 67.3 cm³/mol. The molecule has 0 radical (unpaired) electrons. The molecule has 0 fully saturated rings. The van der Waals surface area contributed by atoms with E-state index < -0.39 is 16.6 Å². The van der Waals surface area contributed by atoms with E-state index in [2.05, 4.69) is 9.50 Å². The van der Waals surface area contributed by atoms with Crippen molar-refractivity contribution in [1.29, 1.82) is 0 Å². The van der Waals surface area contributed by atoms with Crippen molar-refractivity contribution >= 4 is 33.9 Å². The third-order valence-electron chi connectivity index (χ3n) is 1.71. The summed E-state index contributed by atoms with van der Waals surface area (Å²) in [5.41, 5.74) is 0.249. The molecule has 0 heterocycles. The van der Waals surface area contributed by atoms with E-state index in [0.717, 1.165) is 6.07 Å². The fourth-order valence-electron chi connectivity index (χ4n) is 1.11. The van der Waals surface area contributed by atoms with Gasteiger partial charge in [-0.25, -0.2) is 4.79 Å². The van der Waals surface area contributed by atoms with Crippen LogP contribution < -0.4 is 9.50 Å². The topological polar surface area (TPSA) is 81.7 Å². The van der Waals surface area contributed by atoms with Crippen LogP contribution in [0.2, 0.25) is 5.02 Å². The molecule has 0 saturated heterocycles. The summed E-state index contributed by atoms with van der Waals surface area (Å²) >= 11 is 5.68. The molecule has 6 nitrogen and oxygen atoms in total. The third-order valence-corrected chi connectivity index (χ3v) is 2.38. The van der Waals surface area contributed by atoms with E-state index in [-0.39, 0.29) is 22.6 Å². The Balaban J connectivity index is 2.80. The van der Waals surface area contributed by atoms with Crippen molar-refractivity contribution in [3.63, 3.8) is 0 Å². The zero-order valence-electron chi connectivity index (χ0n) is 10.0. The molecular formula is C10H11ClFNO5S. The van der Waals surface area contributed by atoms with E-state index in [1.54, 1.807) is 13.8 Å². The number of carbonyl (C=O) groups excluding carboxylic acids is 1. The van der Waals surface area contributed by atoms with Gasteiger partial charge in [0.1, 0.15) is 0 Å². The fourth-order valence-corrected chi connectivity index (χ4v) is 1.74. The van der Waals surface area contributed by atoms with Crippen LogP contribution in [0.5, 0.6) is 5.75 Å². The molecule has 1 N–H and O–H groups in total. The number of anilines is 1. The Morgan fingerprint density at radius 3 is 2.53 bits per heavy atom. The molecule has 0 aliphatic carbocycles. The number of hydrogen-bond acceptors (Lipinski definition) is 5. The van der Waals surface area contributed by atoms with E-state index >= 15 is 0 Å². The van der Waals surface area contributed by atoms with Crippen LogP contribution in [0.4, 0.5) is 14.4 Å². The summed E-state index contributed by atoms with van der Waals surface area (Å²) in [6.07, 6.45) is -0.993. The van der Waals surface area contributed by atoms with Crippen molar-refractivity contribution in [1.82, 2.24) is 0 Å². The third kappa shape index (κ3) is 5.75. The summed E-state index contributed by atoms with van der Waals surface area (Å²) in [4.78, 5) is 11.3. The van der Waals surface area contributed by atoms with Gasteiger partial charge in [0, 0.05) is 5.69 Å². The van der Waals surface area contributed by atoms with Crippen LogP contribution in [-0.2, 0) is 15.2 Å². The maximum atomic E-state index is 12.3. The zero-order valence-corrected chi connectivity index (χ0v) is 11.6. The van der Waals surface area contributed by atoms with E-state index in [1.165, 1.54) is 12.1 Å². The molecular weight excluding hydrogens is 301 g/mol. The number of halogens is 2. The summed E-state index contributed by atoms with van der Waals surface area (Å²) in [5, 5.41) is 2.18. The van der Waals surface area contributed by atoms with Gasteiger partial charge in [-0.1, -0.05) is 15.5 Å². The molecule has 1 amide bonds. The van der Waals surface area contributed by atoms with Gasteiger partial charge in [0.05, 0.1) is 11.1 Å². The maximum absolute atomic E-state index is 12.3. The Labute approximate surface area is 114 Å². The average Bonchev–Trinajstić information content (AvgIpc) is 2.19. The van der Waals surface area contributed by atoms with Crippen molar-refractivity contribution in [2.24, 2.45) is 0 Å². The number of nitrogens with one attached hydrogen (secondary N) is 1. The molecule has 0 unspecified atom stereocenters. The first-order valence-corrected chi connectivity index (χ1v) is 6.77. The standard InChI is InChI=1S/C10H11ClFNO5S/c1-6(2)17-10(14)13-7-3-4-9(8(11)5-7)18-19(12,15)16/h3-6H,1-2H3,(H,13,14). The van der Waals surface area contributed by atoms with E-state index in [4.69, 9.17) is 16.3 Å². The van der Waals surface area contributed by atoms with E-state index in [9.17, 15) is 17.1 Å². The summed E-state index contributed by atoms with van der Waals surface area (Å²) in [5.74, 6) is -0.382. The van der Waals surface area contributed by atoms with Gasteiger partial charge in [-0.2, -0.15) is 8.42 Å². The monoisotopic (exact) mass is 311 g/mol. The molecule has 0 saturated carbocycles. The maximum Gasteiger partial charge on any atom is 0.488 e. The van der Waals surface area contributed by atoms with Crippen molar-refractivity contribution in [2.75, 3.05) is 5.32 Å². The van der Waals surface area contributed by atoms with Gasteiger partial charge >= 0.3 is 16.6 Å². The molecule has 9 heteroatoms. The lowest BCUT2D eigenvalue weighted by Gasteiger charge is -2.10. The molecule has 1 aromatic carbocycles. The lowest BCUT2D eigenvalue weighted by molar-refractivity contribution is 0.130. The molecule has 0 aliphatic heterocycles. The molecule has 1 rings (SSSR count). The van der Waals surface area contributed by atoms with Gasteiger partial charge in [-0.3, -0.25) is 5.32 Å². The van der Waals surface area contributed by atoms with Gasteiger partial charge in [0.25, 0.3) is 0 Å². The van der Waals surface area contributed by atoms with Crippen LogP contribution in [0.15, 0.2) is 18.2 Å². The van der Waals surface area contributed by atoms with Gasteiger partial charge < -0.3 is 8.92 Å². The zero-order chi connectivity index (χ0) is 14.6. The molecule has 0 spiro atoms. The summed E-state index contributed by atoms with van der Waals surface area (Å²) in [6, 6.07) is 3.59. The molecule has 0 bridgehead atoms. The van der Waals surface area contributed by atoms with Gasteiger partial charge in [0.2, 0.25) is 0 Å². The minimum atomic E-state index is -5.15. The van der Waals surface area contributed by atoms with Crippen LogP contribution in [-0.4, -0.2) is 20.6 Å². The number of benzene rings is 1. The Bertz CT molecular complexity index is 575. The minimum Gasteiger partial charge on any atom is -0.447 e. The average molecular weight is 312 g/mol. The number of ether oxygens (including phenoxy) is 1. The normalized spacial score (nSPS) is 11.2. The summed E-state index contributed by atoms with van der Waals surface area (Å²) < 4.78 is 41.7. The first-order chi connectivity index (χ1) is 8.67. The number of rotatable bonds is 4. The second-order valence-electron chi connectivity index (χ2n) is 3.70. The van der Waals surface area contributed by atoms with Crippen LogP contribution in [0, 0.1) is 0 Å². The lowest BCUT2D eigenvalue weighted by Crippen LogP contribution is -2.17. The van der Waals surface area contributed by atoms with Crippen LogP contribution in [0.1, 0.15) is 13.8 Å². The number of hydrogen-bond donors (Lipinski definition) is 1. The van der Waals surface area contributed by atoms with Gasteiger partial charge in [-0.05, 0) is 32.0 Å². The Kier molecular flexibility index (Phi) is 4.96. The first-order valence-electron chi connectivity index (χ1n) is 5.08. The van der Waals surface area contributed by atoms with Crippen LogP contribution in [0.3, 0.4) is 0 Å². The van der Waals surface area contributed by atoms with Gasteiger partial charge in [0.15, 0.2) is 5.75 Å². The Hall–Kier alpha value is -1.54. The second kappa shape index (κ2) is 6.07. The Morgan fingerprint density at radius 2 is 2.05 bits per heavy atom. The second-order valence-corrected chi connectivity index (χ2v) is 5.06. The highest BCUT2D eigenvalue weighted by molar-refractivity contribution is 7.81. The number of carbonyl (C=O) groups is 1. The highest BCUT2D eigenvalue weighted by Crippen LogP contribution is 2.29. The Morgan fingerprint density at radius 1 is 1.42 bits per heavy atom. The molecule has 19 heavy (non-hydrogen) atoms. The summed E-state index contributed by atoms with van der Waals surface area (Å²) in [7, 11) is -5.15. The quantitative estimate of drug-likeness (QED) is 0.865. The minimum absolute atomic E-state index is 0.177. The smallest absolute Gasteiger partial charge is 0.447 e. The molecule has 0 aliphatic rings. The molecule has 106 valence electrons. The molecule has 1 aromatic rings. The van der Waals surface area contributed by atoms with Crippen LogP contribution in [0.25, 0.3) is 0 Å². The highest BCUT2D eigenvalue weighted by atomic mass is 35.5. The van der Waals surface area contributed by atoms with Crippen LogP contribution >= 0.6 is 11.6 Å². The SMILES string of the molecule is CC(C)OC(=O)Nc1ccc(OS(=O)(=O)F)c(Cl)c1. The molecule has 0 aromatic heterocycles. The lowest BCUT2D eigenvalue weighted by atomic mass is 10.3. The van der Waals surface area contributed by atoms with Crippen molar-refractivity contribution in [3.8, 4) is 5.75 Å². The first kappa shape index (κ1) is 15.5. The van der Waals surface area contributed by atoms with Crippen molar-refractivity contribution in [3.05, 3.63) is 23.2 Å². The predicted octanol–water partition coefficient (Wildman–Crippen LogP) is 2.89. The highest BCUT2D eigenvalue weighted by Gasteiger charge is 2.14. The van der Waals surface area contributed by atoms with E-state index in [1.807, 2.05) is 0 Å². The van der Waals surface area contributed by atoms with E-state index in [0.29, 0.717) is 0 Å². The largest absolute Gasteiger partial charge is 0.488 e. The fraction of sp³-hybridized carbons (Fsp3) is 0.300. The number of amides is 1.